The van der Waals surface area contributed by atoms with E-state index < -0.39 is 0 Å². The van der Waals surface area contributed by atoms with Crippen molar-refractivity contribution in [1.82, 2.24) is 14.3 Å². The predicted molar refractivity (Wildman–Crippen MR) is 90.4 cm³/mol. The molecule has 21 heavy (non-hydrogen) atoms. The Kier molecular flexibility index (Phi) is 3.61. The topological polar surface area (TPSA) is 39.8 Å². The normalized spacial score (nSPS) is 11.6. The minimum atomic E-state index is 0.0484. The number of nitrogens with zero attached hydrogens (tertiary/aromatic N) is 3. The molecule has 5 heteroatoms. The summed E-state index contributed by atoms with van der Waals surface area (Å²) in [5, 5.41) is 8.22. The first-order valence-electron chi connectivity index (χ1n) is 7.12. The molecule has 0 aliphatic carbocycles. The Morgan fingerprint density at radius 3 is 2.71 bits per heavy atom. The van der Waals surface area contributed by atoms with Crippen molar-refractivity contribution in [3.05, 3.63) is 39.8 Å². The van der Waals surface area contributed by atoms with Gasteiger partial charge in [-0.25, -0.2) is 4.68 Å². The van der Waals surface area contributed by atoms with Gasteiger partial charge in [0.1, 0.15) is 5.65 Å². The molecular formula is C16H18BrN3O. The van der Waals surface area contributed by atoms with E-state index in [1.807, 2.05) is 37.8 Å². The van der Waals surface area contributed by atoms with Crippen LogP contribution in [0.15, 0.2) is 23.1 Å². The van der Waals surface area contributed by atoms with Crippen LogP contribution in [0.3, 0.4) is 0 Å². The fraction of sp³-hybridized carbons (Fsp3) is 0.375. The molecule has 0 radical (unpaired) electrons. The van der Waals surface area contributed by atoms with Gasteiger partial charge in [-0.1, -0.05) is 27.6 Å². The van der Waals surface area contributed by atoms with E-state index in [9.17, 15) is 4.79 Å². The number of aryl methyl sites for hydroxylation is 4. The first-order valence-corrected chi connectivity index (χ1v) is 8.24. The third-order valence-corrected chi connectivity index (χ3v) is 4.36. The lowest BCUT2D eigenvalue weighted by Crippen LogP contribution is -2.20. The summed E-state index contributed by atoms with van der Waals surface area (Å²) < 4.78 is 3.60. The molecule has 0 aliphatic rings. The van der Waals surface area contributed by atoms with Gasteiger partial charge in [0.25, 0.3) is 5.56 Å². The highest BCUT2D eigenvalue weighted by Crippen LogP contribution is 2.27. The Bertz CT molecular complexity index is 892. The average molecular weight is 348 g/mol. The lowest BCUT2D eigenvalue weighted by atomic mass is 9.99. The Morgan fingerprint density at radius 1 is 1.29 bits per heavy atom. The summed E-state index contributed by atoms with van der Waals surface area (Å²) in [5.41, 5.74) is 3.28. The minimum Gasteiger partial charge on any atom is -0.296 e. The molecule has 3 rings (SSSR count). The van der Waals surface area contributed by atoms with Crippen LogP contribution in [0.4, 0.5) is 0 Å². The number of benzene rings is 1. The highest BCUT2D eigenvalue weighted by Gasteiger charge is 2.15. The first-order chi connectivity index (χ1) is 10.1. The molecule has 0 bridgehead atoms. The van der Waals surface area contributed by atoms with Crippen molar-refractivity contribution in [2.75, 3.05) is 5.33 Å². The summed E-state index contributed by atoms with van der Waals surface area (Å²) in [7, 11) is 1.82. The number of pyridine rings is 1. The molecule has 2 heterocycles. The molecule has 0 spiro atoms. The van der Waals surface area contributed by atoms with Gasteiger partial charge in [-0.2, -0.15) is 5.10 Å². The lowest BCUT2D eigenvalue weighted by Gasteiger charge is -2.12. The van der Waals surface area contributed by atoms with Crippen LogP contribution in [0.5, 0.6) is 0 Å². The summed E-state index contributed by atoms with van der Waals surface area (Å²) in [4.78, 5) is 12.7. The molecule has 0 unspecified atom stereocenters. The summed E-state index contributed by atoms with van der Waals surface area (Å²) in [6, 6.07) is 4.16. The summed E-state index contributed by atoms with van der Waals surface area (Å²) in [6.07, 6.45) is 2.78. The van der Waals surface area contributed by atoms with E-state index in [1.165, 1.54) is 5.56 Å². The molecule has 0 amide bonds. The van der Waals surface area contributed by atoms with Crippen molar-refractivity contribution in [3.63, 3.8) is 0 Å². The van der Waals surface area contributed by atoms with Crippen LogP contribution in [-0.4, -0.2) is 19.7 Å². The van der Waals surface area contributed by atoms with E-state index in [4.69, 9.17) is 0 Å². The van der Waals surface area contributed by atoms with Gasteiger partial charge in [0.2, 0.25) is 0 Å². The molecular weight excluding hydrogens is 330 g/mol. The smallest absolute Gasteiger partial charge is 0.259 e. The maximum absolute atomic E-state index is 12.7. The van der Waals surface area contributed by atoms with Crippen molar-refractivity contribution in [2.24, 2.45) is 7.05 Å². The zero-order chi connectivity index (χ0) is 15.1. The van der Waals surface area contributed by atoms with Crippen LogP contribution < -0.4 is 5.56 Å². The molecule has 0 saturated carbocycles. The SMILES string of the molecule is CCn1ncc2c3c(CCBr)cc(C)cc3c(=O)n(C)c21. The Hall–Kier alpha value is -1.62. The third kappa shape index (κ3) is 2.11. The molecule has 0 aliphatic heterocycles. The summed E-state index contributed by atoms with van der Waals surface area (Å²) in [6.45, 7) is 4.83. The molecule has 0 N–H and O–H groups in total. The number of halogens is 1. The standard InChI is InChI=1S/C16H18BrN3O/c1-4-20-15-13(9-18-20)14-11(5-6-17)7-10(2)8-12(14)16(21)19(15)3/h7-9H,4-6H2,1-3H3. The number of hydrogen-bond acceptors (Lipinski definition) is 2. The second-order valence-electron chi connectivity index (χ2n) is 5.35. The van der Waals surface area contributed by atoms with Crippen molar-refractivity contribution in [2.45, 2.75) is 26.8 Å². The molecule has 4 nitrogen and oxygen atoms in total. The van der Waals surface area contributed by atoms with Gasteiger partial charge < -0.3 is 0 Å². The van der Waals surface area contributed by atoms with Crippen molar-refractivity contribution in [3.8, 4) is 0 Å². The second kappa shape index (κ2) is 5.30. The van der Waals surface area contributed by atoms with E-state index in [0.717, 1.165) is 45.7 Å². The molecule has 0 saturated heterocycles. The van der Waals surface area contributed by atoms with Gasteiger partial charge in [0, 0.05) is 35.1 Å². The monoisotopic (exact) mass is 347 g/mol. The Morgan fingerprint density at radius 2 is 2.05 bits per heavy atom. The van der Waals surface area contributed by atoms with Crippen LogP contribution in [0.25, 0.3) is 21.8 Å². The zero-order valence-corrected chi connectivity index (χ0v) is 14.1. The lowest BCUT2D eigenvalue weighted by molar-refractivity contribution is 0.659. The van der Waals surface area contributed by atoms with Crippen LogP contribution in [-0.2, 0) is 20.0 Å². The predicted octanol–water partition coefficient (Wildman–Crippen LogP) is 3.15. The molecule has 1 aromatic carbocycles. The number of alkyl halides is 1. The fourth-order valence-electron chi connectivity index (χ4n) is 3.06. The maximum Gasteiger partial charge on any atom is 0.259 e. The quantitative estimate of drug-likeness (QED) is 0.682. The number of hydrogen-bond donors (Lipinski definition) is 0. The highest BCUT2D eigenvalue weighted by atomic mass is 79.9. The largest absolute Gasteiger partial charge is 0.296 e. The number of rotatable bonds is 3. The van der Waals surface area contributed by atoms with Gasteiger partial charge in [-0.05, 0) is 31.9 Å². The minimum absolute atomic E-state index is 0.0484. The third-order valence-electron chi connectivity index (χ3n) is 3.96. The first kappa shape index (κ1) is 14.3. The van der Waals surface area contributed by atoms with Crippen molar-refractivity contribution < 1.29 is 0 Å². The van der Waals surface area contributed by atoms with Gasteiger partial charge in [0.15, 0.2) is 0 Å². The summed E-state index contributed by atoms with van der Waals surface area (Å²) >= 11 is 3.51. The van der Waals surface area contributed by atoms with Gasteiger partial charge in [0.05, 0.1) is 6.20 Å². The number of fused-ring (bicyclic) bond motifs is 3. The van der Waals surface area contributed by atoms with Crippen LogP contribution in [0.2, 0.25) is 0 Å². The van der Waals surface area contributed by atoms with Crippen LogP contribution >= 0.6 is 15.9 Å². The maximum atomic E-state index is 12.7. The van der Waals surface area contributed by atoms with E-state index in [1.54, 1.807) is 4.57 Å². The van der Waals surface area contributed by atoms with E-state index in [2.05, 4.69) is 27.1 Å². The molecule has 3 aromatic rings. The Labute approximate surface area is 131 Å². The number of aromatic nitrogens is 3. The average Bonchev–Trinajstić information content (AvgIpc) is 2.88. The molecule has 0 atom stereocenters. The fourth-order valence-corrected chi connectivity index (χ4v) is 3.49. The van der Waals surface area contributed by atoms with Gasteiger partial charge in [-0.15, -0.1) is 0 Å². The van der Waals surface area contributed by atoms with Crippen molar-refractivity contribution in [1.29, 1.82) is 0 Å². The summed E-state index contributed by atoms with van der Waals surface area (Å²) in [5.74, 6) is 0. The molecule has 2 aromatic heterocycles. The van der Waals surface area contributed by atoms with Crippen LogP contribution in [0, 0.1) is 6.92 Å². The van der Waals surface area contributed by atoms with Crippen LogP contribution in [0.1, 0.15) is 18.1 Å². The zero-order valence-electron chi connectivity index (χ0n) is 12.5. The van der Waals surface area contributed by atoms with Crippen molar-refractivity contribution >= 4 is 37.7 Å². The molecule has 110 valence electrons. The van der Waals surface area contributed by atoms with E-state index in [-0.39, 0.29) is 5.56 Å². The van der Waals surface area contributed by atoms with E-state index in [0.29, 0.717) is 0 Å². The Balaban J connectivity index is 2.59. The van der Waals surface area contributed by atoms with Gasteiger partial charge in [-0.3, -0.25) is 9.36 Å². The van der Waals surface area contributed by atoms with E-state index >= 15 is 0 Å². The molecule has 0 fully saturated rings. The second-order valence-corrected chi connectivity index (χ2v) is 6.14. The highest BCUT2D eigenvalue weighted by molar-refractivity contribution is 9.09. The van der Waals surface area contributed by atoms with Gasteiger partial charge >= 0.3 is 0 Å².